The van der Waals surface area contributed by atoms with Gasteiger partial charge >= 0.3 is 6.09 Å². The molecule has 0 unspecified atom stereocenters. The minimum absolute atomic E-state index is 0.108. The maximum atomic E-state index is 12.9. The monoisotopic (exact) mass is 373 g/mol. The first kappa shape index (κ1) is 20.6. The Balaban J connectivity index is 2.19. The average Bonchev–Trinajstić information content (AvgIpc) is 2.55. The van der Waals surface area contributed by atoms with Crippen molar-refractivity contribution in [3.05, 3.63) is 40.4 Å². The molecule has 0 aliphatic rings. The number of nitrogens with zero attached hydrogens (tertiary/aromatic N) is 2. The average molecular weight is 373 g/mol. The van der Waals surface area contributed by atoms with Gasteiger partial charge in [-0.1, -0.05) is 12.1 Å². The Hall–Kier alpha value is -2.70. The Labute approximate surface area is 158 Å². The zero-order valence-electron chi connectivity index (χ0n) is 16.4. The summed E-state index contributed by atoms with van der Waals surface area (Å²) >= 11 is 0. The molecule has 1 aromatic heterocycles. The van der Waals surface area contributed by atoms with Crippen molar-refractivity contribution >= 4 is 22.8 Å². The number of Topliss-reactive ketones (excluding diaryl/α,β-unsaturated/α-hetero) is 1. The summed E-state index contributed by atoms with van der Waals surface area (Å²) in [5.74, 6) is 0.724. The molecule has 2 aromatic rings. The molecule has 0 atom stereocenters. The highest BCUT2D eigenvalue weighted by atomic mass is 16.6. The lowest BCUT2D eigenvalue weighted by Gasteiger charge is -2.20. The van der Waals surface area contributed by atoms with Gasteiger partial charge in [0.25, 0.3) is 5.56 Å². The molecule has 0 radical (unpaired) electrons. The van der Waals surface area contributed by atoms with Crippen molar-refractivity contribution in [2.24, 2.45) is 0 Å². The van der Waals surface area contributed by atoms with E-state index >= 15 is 0 Å². The molecular weight excluding hydrogens is 346 g/mol. The van der Waals surface area contributed by atoms with Crippen LogP contribution in [0.15, 0.2) is 29.1 Å². The van der Waals surface area contributed by atoms with E-state index in [1.54, 1.807) is 50.5 Å². The minimum Gasteiger partial charge on any atom is -0.444 e. The standard InChI is InChI=1S/C20H27N3O4/c1-14(24)8-7-11-17-22-16-10-6-5-9-15(16)18(25)23(17)13-12-21-19(26)27-20(2,3)4/h5-6,9-10H,7-8,11-13H2,1-4H3,(H,21,26). The van der Waals surface area contributed by atoms with Crippen LogP contribution in [0.1, 0.15) is 46.4 Å². The molecule has 1 N–H and O–H groups in total. The van der Waals surface area contributed by atoms with Crippen LogP contribution < -0.4 is 10.9 Å². The third-order valence-electron chi connectivity index (χ3n) is 3.87. The lowest BCUT2D eigenvalue weighted by Crippen LogP contribution is -2.36. The number of amides is 1. The molecule has 1 aromatic carbocycles. The fourth-order valence-corrected chi connectivity index (χ4v) is 2.71. The molecule has 0 saturated heterocycles. The third kappa shape index (κ3) is 6.20. The van der Waals surface area contributed by atoms with Crippen LogP contribution in [-0.4, -0.2) is 33.6 Å². The first-order chi connectivity index (χ1) is 12.7. The second-order valence-electron chi connectivity index (χ2n) is 7.49. The van der Waals surface area contributed by atoms with E-state index in [9.17, 15) is 14.4 Å². The first-order valence-electron chi connectivity index (χ1n) is 9.12. The normalized spacial score (nSPS) is 11.4. The van der Waals surface area contributed by atoms with Crippen molar-refractivity contribution in [1.29, 1.82) is 0 Å². The SMILES string of the molecule is CC(=O)CCCc1nc2ccccc2c(=O)n1CCNC(=O)OC(C)(C)C. The van der Waals surface area contributed by atoms with Crippen molar-refractivity contribution in [2.45, 2.75) is 59.1 Å². The number of ether oxygens (including phenoxy) is 1. The van der Waals surface area contributed by atoms with Gasteiger partial charge in [0.15, 0.2) is 0 Å². The smallest absolute Gasteiger partial charge is 0.407 e. The van der Waals surface area contributed by atoms with Gasteiger partial charge in [0.1, 0.15) is 17.2 Å². The number of nitrogens with one attached hydrogen (secondary N) is 1. The summed E-state index contributed by atoms with van der Waals surface area (Å²) in [6, 6.07) is 7.17. The van der Waals surface area contributed by atoms with Gasteiger partial charge in [-0.05, 0) is 46.2 Å². The Morgan fingerprint density at radius 2 is 1.93 bits per heavy atom. The summed E-state index contributed by atoms with van der Waals surface area (Å²) in [7, 11) is 0. The fraction of sp³-hybridized carbons (Fsp3) is 0.500. The molecule has 0 saturated carbocycles. The number of alkyl carbamates (subject to hydrolysis) is 1. The summed E-state index contributed by atoms with van der Waals surface area (Å²) in [5, 5.41) is 3.19. The maximum Gasteiger partial charge on any atom is 0.407 e. The number of carbonyl (C=O) groups excluding carboxylic acids is 2. The Morgan fingerprint density at radius 1 is 1.22 bits per heavy atom. The van der Waals surface area contributed by atoms with Crippen LogP contribution in [0.2, 0.25) is 0 Å². The Morgan fingerprint density at radius 3 is 2.59 bits per heavy atom. The van der Waals surface area contributed by atoms with Crippen LogP contribution in [0.5, 0.6) is 0 Å². The van der Waals surface area contributed by atoms with Crippen LogP contribution in [-0.2, 0) is 22.5 Å². The van der Waals surface area contributed by atoms with Gasteiger partial charge in [0.2, 0.25) is 0 Å². The van der Waals surface area contributed by atoms with Gasteiger partial charge in [0, 0.05) is 25.9 Å². The van der Waals surface area contributed by atoms with E-state index in [1.807, 2.05) is 6.07 Å². The zero-order chi connectivity index (χ0) is 20.0. The molecular formula is C20H27N3O4. The molecule has 2 rings (SSSR count). The highest BCUT2D eigenvalue weighted by molar-refractivity contribution is 5.77. The lowest BCUT2D eigenvalue weighted by atomic mass is 10.1. The fourth-order valence-electron chi connectivity index (χ4n) is 2.71. The summed E-state index contributed by atoms with van der Waals surface area (Å²) in [6.07, 6.45) is 1.06. The van der Waals surface area contributed by atoms with Gasteiger partial charge in [0.05, 0.1) is 10.9 Å². The molecule has 146 valence electrons. The lowest BCUT2D eigenvalue weighted by molar-refractivity contribution is -0.117. The summed E-state index contributed by atoms with van der Waals surface area (Å²) < 4.78 is 6.78. The van der Waals surface area contributed by atoms with Crippen LogP contribution in [0, 0.1) is 0 Å². The Kier molecular flexibility index (Phi) is 6.71. The van der Waals surface area contributed by atoms with Crippen molar-refractivity contribution < 1.29 is 14.3 Å². The number of hydrogen-bond acceptors (Lipinski definition) is 5. The number of benzene rings is 1. The Bertz CT molecular complexity index is 881. The number of para-hydroxylation sites is 1. The summed E-state index contributed by atoms with van der Waals surface area (Å²) in [6.45, 7) is 7.44. The minimum atomic E-state index is -0.580. The van der Waals surface area contributed by atoms with Gasteiger partial charge in [-0.25, -0.2) is 9.78 Å². The van der Waals surface area contributed by atoms with E-state index < -0.39 is 11.7 Å². The highest BCUT2D eigenvalue weighted by Gasteiger charge is 2.16. The molecule has 1 heterocycles. The molecule has 0 spiro atoms. The third-order valence-corrected chi connectivity index (χ3v) is 3.87. The van der Waals surface area contributed by atoms with E-state index in [2.05, 4.69) is 10.3 Å². The molecule has 1 amide bonds. The number of carbonyl (C=O) groups is 2. The van der Waals surface area contributed by atoms with Crippen molar-refractivity contribution in [2.75, 3.05) is 6.54 Å². The first-order valence-corrected chi connectivity index (χ1v) is 9.12. The maximum absolute atomic E-state index is 12.9. The number of aryl methyl sites for hydroxylation is 1. The van der Waals surface area contributed by atoms with Crippen LogP contribution in [0.3, 0.4) is 0 Å². The zero-order valence-corrected chi connectivity index (χ0v) is 16.4. The van der Waals surface area contributed by atoms with Gasteiger partial charge in [-0.2, -0.15) is 0 Å². The summed E-state index contributed by atoms with van der Waals surface area (Å²) in [5.41, 5.74) is -0.0930. The molecule has 0 bridgehead atoms. The van der Waals surface area contributed by atoms with Crippen LogP contribution in [0.25, 0.3) is 10.9 Å². The van der Waals surface area contributed by atoms with Crippen molar-refractivity contribution in [3.63, 3.8) is 0 Å². The van der Waals surface area contributed by atoms with E-state index in [0.717, 1.165) is 0 Å². The quantitative estimate of drug-likeness (QED) is 0.806. The van der Waals surface area contributed by atoms with Crippen LogP contribution in [0.4, 0.5) is 4.79 Å². The number of fused-ring (bicyclic) bond motifs is 1. The second-order valence-corrected chi connectivity index (χ2v) is 7.49. The predicted molar refractivity (Wildman–Crippen MR) is 104 cm³/mol. The van der Waals surface area contributed by atoms with Gasteiger partial charge in [-0.3, -0.25) is 9.36 Å². The molecule has 27 heavy (non-hydrogen) atoms. The molecule has 0 aliphatic heterocycles. The topological polar surface area (TPSA) is 90.3 Å². The van der Waals surface area contributed by atoms with E-state index in [-0.39, 0.29) is 24.4 Å². The molecule has 7 nitrogen and oxygen atoms in total. The molecule has 0 fully saturated rings. The van der Waals surface area contributed by atoms with Gasteiger partial charge < -0.3 is 14.8 Å². The van der Waals surface area contributed by atoms with Gasteiger partial charge in [-0.15, -0.1) is 0 Å². The number of rotatable bonds is 7. The summed E-state index contributed by atoms with van der Waals surface area (Å²) in [4.78, 5) is 40.5. The van der Waals surface area contributed by atoms with E-state index in [1.165, 1.54) is 0 Å². The predicted octanol–water partition coefficient (Wildman–Crippen LogP) is 2.83. The number of ketones is 1. The number of aromatic nitrogens is 2. The van der Waals surface area contributed by atoms with Crippen molar-refractivity contribution in [1.82, 2.24) is 14.9 Å². The van der Waals surface area contributed by atoms with Crippen molar-refractivity contribution in [3.8, 4) is 0 Å². The highest BCUT2D eigenvalue weighted by Crippen LogP contribution is 2.10. The molecule has 0 aliphatic carbocycles. The molecule has 7 heteroatoms. The van der Waals surface area contributed by atoms with Crippen LogP contribution >= 0.6 is 0 Å². The largest absolute Gasteiger partial charge is 0.444 e. The van der Waals surface area contributed by atoms with E-state index in [4.69, 9.17) is 4.74 Å². The number of hydrogen-bond donors (Lipinski definition) is 1. The second kappa shape index (κ2) is 8.79. The van der Waals surface area contributed by atoms with E-state index in [0.29, 0.717) is 36.0 Å².